The topological polar surface area (TPSA) is 46.5 Å². The van der Waals surface area contributed by atoms with Gasteiger partial charge in [-0.05, 0) is 37.0 Å². The third-order valence-electron chi connectivity index (χ3n) is 3.86. The molecule has 1 aliphatic heterocycles. The Balaban J connectivity index is 1.90. The second-order valence-electron chi connectivity index (χ2n) is 5.31. The summed E-state index contributed by atoms with van der Waals surface area (Å²) in [4.78, 5) is 10.9. The summed E-state index contributed by atoms with van der Waals surface area (Å²) < 4.78 is 5.73. The average molecular weight is 232 g/mol. The van der Waals surface area contributed by atoms with E-state index in [9.17, 15) is 4.79 Å². The van der Waals surface area contributed by atoms with E-state index in [1.165, 1.54) is 5.56 Å². The van der Waals surface area contributed by atoms with Gasteiger partial charge in [0.1, 0.15) is 11.9 Å². The van der Waals surface area contributed by atoms with Gasteiger partial charge in [0.2, 0.25) is 0 Å². The first kappa shape index (κ1) is 10.6. The van der Waals surface area contributed by atoms with Gasteiger partial charge < -0.3 is 9.84 Å². The molecule has 0 amide bonds. The Kier molecular flexibility index (Phi) is 2.18. The largest absolute Gasteiger partial charge is 0.490 e. The van der Waals surface area contributed by atoms with Crippen molar-refractivity contribution in [1.82, 2.24) is 0 Å². The van der Waals surface area contributed by atoms with Gasteiger partial charge in [0.25, 0.3) is 0 Å². The molecule has 0 radical (unpaired) electrons. The maximum absolute atomic E-state index is 10.9. The molecule has 3 heteroatoms. The Morgan fingerprint density at radius 2 is 2.29 bits per heavy atom. The zero-order valence-electron chi connectivity index (χ0n) is 9.90. The molecule has 1 aliphatic carbocycles. The lowest BCUT2D eigenvalue weighted by molar-refractivity contribution is -0.137. The summed E-state index contributed by atoms with van der Waals surface area (Å²) in [6, 6.07) is 6.22. The van der Waals surface area contributed by atoms with Gasteiger partial charge in [-0.25, -0.2) is 0 Å². The van der Waals surface area contributed by atoms with E-state index in [2.05, 4.69) is 25.1 Å². The summed E-state index contributed by atoms with van der Waals surface area (Å²) in [5.41, 5.74) is 2.26. The summed E-state index contributed by atoms with van der Waals surface area (Å²) in [5.74, 6) is 0.240. The molecule has 0 spiro atoms. The predicted molar refractivity (Wildman–Crippen MR) is 63.4 cm³/mol. The maximum atomic E-state index is 10.9. The Labute approximate surface area is 100 Å². The van der Waals surface area contributed by atoms with Crippen LogP contribution in [0.5, 0.6) is 5.75 Å². The van der Waals surface area contributed by atoms with Crippen LogP contribution in [-0.2, 0) is 16.6 Å². The molecule has 3 nitrogen and oxygen atoms in total. The first-order valence-electron chi connectivity index (χ1n) is 6.11. The number of carboxylic acid groups (broad SMARTS) is 1. The number of hydrogen-bond acceptors (Lipinski definition) is 2. The van der Waals surface area contributed by atoms with E-state index in [1.54, 1.807) is 0 Å². The second kappa shape index (κ2) is 3.49. The number of hydrogen-bond donors (Lipinski definition) is 1. The van der Waals surface area contributed by atoms with Crippen molar-refractivity contribution in [1.29, 1.82) is 0 Å². The molecule has 1 saturated carbocycles. The van der Waals surface area contributed by atoms with Crippen molar-refractivity contribution in [2.75, 3.05) is 0 Å². The molecule has 1 heterocycles. The number of fused-ring (bicyclic) bond motifs is 1. The van der Waals surface area contributed by atoms with Crippen molar-refractivity contribution in [2.45, 2.75) is 44.1 Å². The summed E-state index contributed by atoms with van der Waals surface area (Å²) in [6.07, 6.45) is 3.40. The molecular weight excluding hydrogens is 216 g/mol. The van der Waals surface area contributed by atoms with E-state index >= 15 is 0 Å². The fourth-order valence-electron chi connectivity index (χ4n) is 2.74. The smallest absolute Gasteiger partial charge is 0.304 e. The molecule has 1 unspecified atom stereocenters. The highest BCUT2D eigenvalue weighted by atomic mass is 16.5. The number of aliphatic carboxylic acids is 1. The van der Waals surface area contributed by atoms with E-state index in [4.69, 9.17) is 9.84 Å². The molecule has 0 saturated heterocycles. The zero-order valence-corrected chi connectivity index (χ0v) is 9.90. The molecule has 1 aromatic carbocycles. The van der Waals surface area contributed by atoms with E-state index in [-0.39, 0.29) is 17.9 Å². The SMILES string of the molecule is CC1Cc2ccc(C3(CC(=O)O)CC3)cc2O1. The first-order chi connectivity index (χ1) is 8.09. The summed E-state index contributed by atoms with van der Waals surface area (Å²) in [6.45, 7) is 2.06. The van der Waals surface area contributed by atoms with Crippen molar-refractivity contribution < 1.29 is 14.6 Å². The van der Waals surface area contributed by atoms with Crippen molar-refractivity contribution in [3.05, 3.63) is 29.3 Å². The van der Waals surface area contributed by atoms with Gasteiger partial charge in [-0.15, -0.1) is 0 Å². The van der Waals surface area contributed by atoms with Gasteiger partial charge in [-0.2, -0.15) is 0 Å². The monoisotopic (exact) mass is 232 g/mol. The van der Waals surface area contributed by atoms with E-state index in [0.29, 0.717) is 0 Å². The van der Waals surface area contributed by atoms with Gasteiger partial charge in [0.15, 0.2) is 0 Å². The fourth-order valence-corrected chi connectivity index (χ4v) is 2.74. The van der Waals surface area contributed by atoms with E-state index < -0.39 is 5.97 Å². The number of carboxylic acids is 1. The lowest BCUT2D eigenvalue weighted by atomic mass is 9.91. The number of ether oxygens (including phenoxy) is 1. The highest BCUT2D eigenvalue weighted by molar-refractivity contribution is 5.70. The van der Waals surface area contributed by atoms with Crippen molar-refractivity contribution >= 4 is 5.97 Å². The Bertz CT molecular complexity index is 474. The lowest BCUT2D eigenvalue weighted by Crippen LogP contribution is -2.12. The van der Waals surface area contributed by atoms with Crippen molar-refractivity contribution in [3.63, 3.8) is 0 Å². The van der Waals surface area contributed by atoms with Crippen LogP contribution in [0.2, 0.25) is 0 Å². The van der Waals surface area contributed by atoms with Crippen LogP contribution in [-0.4, -0.2) is 17.2 Å². The summed E-state index contributed by atoms with van der Waals surface area (Å²) in [7, 11) is 0. The number of carbonyl (C=O) groups is 1. The minimum Gasteiger partial charge on any atom is -0.490 e. The average Bonchev–Trinajstić information content (AvgIpc) is 2.91. The van der Waals surface area contributed by atoms with Crippen molar-refractivity contribution in [3.8, 4) is 5.75 Å². The Morgan fingerprint density at radius 1 is 1.53 bits per heavy atom. The highest BCUT2D eigenvalue weighted by Gasteiger charge is 2.46. The van der Waals surface area contributed by atoms with E-state index in [0.717, 1.165) is 30.6 Å². The third-order valence-corrected chi connectivity index (χ3v) is 3.86. The predicted octanol–water partition coefficient (Wildman–Crippen LogP) is 2.52. The minimum atomic E-state index is -0.711. The standard InChI is InChI=1S/C14H16O3/c1-9-6-10-2-3-11(7-12(10)17-9)14(4-5-14)8-13(15)16/h2-3,7,9H,4-6,8H2,1H3,(H,15,16). The van der Waals surface area contributed by atoms with Crippen LogP contribution in [0.1, 0.15) is 37.3 Å². The van der Waals surface area contributed by atoms with Crippen LogP contribution >= 0.6 is 0 Å². The molecule has 90 valence electrons. The molecule has 1 fully saturated rings. The molecule has 1 aromatic rings. The number of benzene rings is 1. The highest BCUT2D eigenvalue weighted by Crippen LogP contribution is 2.52. The normalized spacial score (nSPS) is 23.9. The fraction of sp³-hybridized carbons (Fsp3) is 0.500. The minimum absolute atomic E-state index is 0.115. The van der Waals surface area contributed by atoms with Crippen LogP contribution in [0.15, 0.2) is 18.2 Å². The van der Waals surface area contributed by atoms with Gasteiger partial charge in [-0.3, -0.25) is 4.79 Å². The quantitative estimate of drug-likeness (QED) is 0.871. The Morgan fingerprint density at radius 3 is 2.94 bits per heavy atom. The molecular formula is C14H16O3. The Hall–Kier alpha value is -1.51. The second-order valence-corrected chi connectivity index (χ2v) is 5.31. The molecule has 17 heavy (non-hydrogen) atoms. The first-order valence-corrected chi connectivity index (χ1v) is 6.11. The third kappa shape index (κ3) is 1.79. The maximum Gasteiger partial charge on any atom is 0.304 e. The van der Waals surface area contributed by atoms with Crippen LogP contribution in [0.3, 0.4) is 0 Å². The van der Waals surface area contributed by atoms with Crippen LogP contribution in [0.4, 0.5) is 0 Å². The van der Waals surface area contributed by atoms with Gasteiger partial charge >= 0.3 is 5.97 Å². The summed E-state index contributed by atoms with van der Waals surface area (Å²) >= 11 is 0. The van der Waals surface area contributed by atoms with Crippen LogP contribution < -0.4 is 4.74 Å². The van der Waals surface area contributed by atoms with Gasteiger partial charge in [0, 0.05) is 11.8 Å². The van der Waals surface area contributed by atoms with Gasteiger partial charge in [0.05, 0.1) is 6.42 Å². The molecule has 1 N–H and O–H groups in total. The molecule has 3 rings (SSSR count). The molecule has 2 aliphatic rings. The summed E-state index contributed by atoms with van der Waals surface area (Å²) in [5, 5.41) is 8.95. The van der Waals surface area contributed by atoms with Gasteiger partial charge in [-0.1, -0.05) is 12.1 Å². The van der Waals surface area contributed by atoms with Crippen LogP contribution in [0.25, 0.3) is 0 Å². The van der Waals surface area contributed by atoms with Crippen LogP contribution in [0, 0.1) is 0 Å². The zero-order chi connectivity index (χ0) is 12.0. The van der Waals surface area contributed by atoms with Crippen molar-refractivity contribution in [2.24, 2.45) is 0 Å². The molecule has 1 atom stereocenters. The van der Waals surface area contributed by atoms with E-state index in [1.807, 2.05) is 0 Å². The number of rotatable bonds is 3. The lowest BCUT2D eigenvalue weighted by Gasteiger charge is -2.14. The molecule has 0 bridgehead atoms. The molecule has 0 aromatic heterocycles.